The summed E-state index contributed by atoms with van der Waals surface area (Å²) in [6, 6.07) is 14.5. The summed E-state index contributed by atoms with van der Waals surface area (Å²) in [5.41, 5.74) is 2.14. The number of hydrogen-bond donors (Lipinski definition) is 3. The zero-order valence-electron chi connectivity index (χ0n) is 13.4. The van der Waals surface area contributed by atoms with Gasteiger partial charge < -0.3 is 20.1 Å². The largest absolute Gasteiger partial charge is 0.490 e. The number of halogens is 1. The minimum Gasteiger partial charge on any atom is -0.490 e. The van der Waals surface area contributed by atoms with Gasteiger partial charge in [-0.3, -0.25) is 0 Å². The number of H-pyrrole nitrogens is 1. The second-order valence-corrected chi connectivity index (χ2v) is 5.88. The van der Waals surface area contributed by atoms with Crippen molar-refractivity contribution in [3.05, 3.63) is 42.5 Å². The molecular formula is C18H23ClN2O2. The van der Waals surface area contributed by atoms with Crippen molar-refractivity contribution in [2.45, 2.75) is 26.0 Å². The maximum Gasteiger partial charge on any atom is 0.129 e. The van der Waals surface area contributed by atoms with Gasteiger partial charge in [-0.1, -0.05) is 38.1 Å². The fourth-order valence-electron chi connectivity index (χ4n) is 2.61. The molecular weight excluding hydrogens is 312 g/mol. The van der Waals surface area contributed by atoms with Crippen LogP contribution in [0.2, 0.25) is 0 Å². The van der Waals surface area contributed by atoms with E-state index in [0.717, 1.165) is 27.6 Å². The minimum atomic E-state index is -0.525. The summed E-state index contributed by atoms with van der Waals surface area (Å²) in [6.45, 7) is 4.92. The molecule has 0 saturated heterocycles. The first-order valence-corrected chi connectivity index (χ1v) is 7.69. The van der Waals surface area contributed by atoms with Crippen molar-refractivity contribution in [1.29, 1.82) is 0 Å². The predicted octanol–water partition coefficient (Wildman–Crippen LogP) is 3.48. The molecule has 1 heterocycles. The van der Waals surface area contributed by atoms with Crippen LogP contribution < -0.4 is 10.1 Å². The summed E-state index contributed by atoms with van der Waals surface area (Å²) in [5, 5.41) is 15.4. The van der Waals surface area contributed by atoms with Crippen LogP contribution in [0.4, 0.5) is 0 Å². The summed E-state index contributed by atoms with van der Waals surface area (Å²) in [6.07, 6.45) is -0.525. The molecule has 0 radical (unpaired) electrons. The number of fused-ring (bicyclic) bond motifs is 3. The van der Waals surface area contributed by atoms with Gasteiger partial charge in [0, 0.05) is 28.9 Å². The Kier molecular flexibility index (Phi) is 5.88. The summed E-state index contributed by atoms with van der Waals surface area (Å²) in [7, 11) is 0. The van der Waals surface area contributed by atoms with Gasteiger partial charge in [-0.15, -0.1) is 12.4 Å². The van der Waals surface area contributed by atoms with Crippen molar-refractivity contribution in [2.75, 3.05) is 13.2 Å². The van der Waals surface area contributed by atoms with Gasteiger partial charge in [0.25, 0.3) is 0 Å². The molecule has 3 rings (SSSR count). The number of aliphatic hydroxyl groups excluding tert-OH is 1. The van der Waals surface area contributed by atoms with Crippen LogP contribution in [0.5, 0.6) is 5.75 Å². The lowest BCUT2D eigenvalue weighted by Crippen LogP contribution is -2.35. The first-order valence-electron chi connectivity index (χ1n) is 7.69. The molecule has 0 bridgehead atoms. The number of benzene rings is 2. The lowest BCUT2D eigenvalue weighted by atomic mass is 10.1. The Balaban J connectivity index is 0.00000192. The number of rotatable bonds is 6. The highest BCUT2D eigenvalue weighted by molar-refractivity contribution is 6.10. The molecule has 23 heavy (non-hydrogen) atoms. The summed E-state index contributed by atoms with van der Waals surface area (Å²) < 4.78 is 5.87. The van der Waals surface area contributed by atoms with Crippen LogP contribution in [0.25, 0.3) is 21.8 Å². The van der Waals surface area contributed by atoms with Gasteiger partial charge >= 0.3 is 0 Å². The average molecular weight is 335 g/mol. The summed E-state index contributed by atoms with van der Waals surface area (Å²) in [4.78, 5) is 3.39. The maximum atomic E-state index is 10.0. The van der Waals surface area contributed by atoms with E-state index in [1.807, 2.05) is 30.3 Å². The van der Waals surface area contributed by atoms with Crippen LogP contribution in [0.3, 0.4) is 0 Å². The van der Waals surface area contributed by atoms with E-state index in [2.05, 4.69) is 36.3 Å². The first kappa shape index (κ1) is 17.6. The van der Waals surface area contributed by atoms with Gasteiger partial charge in [0.2, 0.25) is 0 Å². The fraction of sp³-hybridized carbons (Fsp3) is 0.333. The van der Waals surface area contributed by atoms with Crippen molar-refractivity contribution >= 4 is 34.2 Å². The zero-order chi connectivity index (χ0) is 15.5. The molecule has 0 aliphatic heterocycles. The molecule has 0 aliphatic rings. The van der Waals surface area contributed by atoms with Crippen LogP contribution in [0.1, 0.15) is 13.8 Å². The van der Waals surface area contributed by atoms with E-state index in [0.29, 0.717) is 12.6 Å². The minimum absolute atomic E-state index is 0. The molecule has 0 saturated carbocycles. The van der Waals surface area contributed by atoms with Crippen LogP contribution in [0.15, 0.2) is 42.5 Å². The number of aromatic amines is 1. The molecule has 0 unspecified atom stereocenters. The molecule has 3 N–H and O–H groups in total. The van der Waals surface area contributed by atoms with Crippen molar-refractivity contribution < 1.29 is 9.84 Å². The van der Waals surface area contributed by atoms with Crippen molar-refractivity contribution in [1.82, 2.24) is 10.3 Å². The molecule has 0 fully saturated rings. The normalized spacial score (nSPS) is 12.5. The molecule has 0 spiro atoms. The van der Waals surface area contributed by atoms with E-state index in [1.165, 1.54) is 0 Å². The van der Waals surface area contributed by atoms with Crippen LogP contribution in [-0.4, -0.2) is 35.4 Å². The number of aliphatic hydroxyl groups is 1. The molecule has 5 heteroatoms. The van der Waals surface area contributed by atoms with E-state index >= 15 is 0 Å². The topological polar surface area (TPSA) is 57.3 Å². The van der Waals surface area contributed by atoms with Gasteiger partial charge in [-0.2, -0.15) is 0 Å². The Morgan fingerprint density at radius 1 is 1.09 bits per heavy atom. The van der Waals surface area contributed by atoms with Crippen LogP contribution in [0, 0.1) is 0 Å². The molecule has 3 aromatic rings. The SMILES string of the molecule is CC(C)NC[C@@H](O)COc1cccc2[nH]c3ccccc3c12.Cl. The Hall–Kier alpha value is -1.75. The molecule has 1 aromatic heterocycles. The Labute approximate surface area is 142 Å². The number of nitrogens with one attached hydrogen (secondary N) is 2. The van der Waals surface area contributed by atoms with Gasteiger partial charge in [-0.25, -0.2) is 0 Å². The Bertz CT molecular complexity index is 770. The highest BCUT2D eigenvalue weighted by Crippen LogP contribution is 2.32. The fourth-order valence-corrected chi connectivity index (χ4v) is 2.61. The number of hydrogen-bond acceptors (Lipinski definition) is 3. The smallest absolute Gasteiger partial charge is 0.129 e. The quantitative estimate of drug-likeness (QED) is 0.647. The molecule has 2 aromatic carbocycles. The average Bonchev–Trinajstić information content (AvgIpc) is 2.90. The second-order valence-electron chi connectivity index (χ2n) is 5.88. The van der Waals surface area contributed by atoms with Gasteiger partial charge in [0.1, 0.15) is 18.5 Å². The molecule has 124 valence electrons. The van der Waals surface area contributed by atoms with E-state index in [-0.39, 0.29) is 19.0 Å². The van der Waals surface area contributed by atoms with Crippen molar-refractivity contribution in [3.8, 4) is 5.75 Å². The van der Waals surface area contributed by atoms with Gasteiger partial charge in [0.05, 0.1) is 5.52 Å². The first-order chi connectivity index (χ1) is 10.6. The zero-order valence-corrected chi connectivity index (χ0v) is 14.2. The lowest BCUT2D eigenvalue weighted by Gasteiger charge is -2.15. The monoisotopic (exact) mass is 334 g/mol. The van der Waals surface area contributed by atoms with Crippen LogP contribution >= 0.6 is 12.4 Å². The Morgan fingerprint density at radius 2 is 1.83 bits per heavy atom. The highest BCUT2D eigenvalue weighted by Gasteiger charge is 2.11. The summed E-state index contributed by atoms with van der Waals surface area (Å²) >= 11 is 0. The summed E-state index contributed by atoms with van der Waals surface area (Å²) in [5.74, 6) is 0.804. The predicted molar refractivity (Wildman–Crippen MR) is 97.7 cm³/mol. The standard InChI is InChI=1S/C18H22N2O2.ClH/c1-12(2)19-10-13(21)11-22-17-9-5-8-16-18(17)14-6-3-4-7-15(14)20-16;/h3-9,12-13,19-21H,10-11H2,1-2H3;1H/t13-;/m1./s1. The van der Waals surface area contributed by atoms with E-state index in [1.54, 1.807) is 0 Å². The second kappa shape index (κ2) is 7.68. The maximum absolute atomic E-state index is 10.0. The van der Waals surface area contributed by atoms with E-state index in [4.69, 9.17) is 4.74 Å². The van der Waals surface area contributed by atoms with Gasteiger partial charge in [0.15, 0.2) is 0 Å². The highest BCUT2D eigenvalue weighted by atomic mass is 35.5. The molecule has 4 nitrogen and oxygen atoms in total. The number of aromatic nitrogens is 1. The van der Waals surface area contributed by atoms with E-state index < -0.39 is 6.10 Å². The van der Waals surface area contributed by atoms with Crippen molar-refractivity contribution in [2.24, 2.45) is 0 Å². The third-order valence-electron chi connectivity index (χ3n) is 3.68. The number of para-hydroxylation sites is 1. The number of ether oxygens (including phenoxy) is 1. The third kappa shape index (κ3) is 3.96. The van der Waals surface area contributed by atoms with Crippen molar-refractivity contribution in [3.63, 3.8) is 0 Å². The van der Waals surface area contributed by atoms with Gasteiger partial charge in [-0.05, 0) is 18.2 Å². The molecule has 0 amide bonds. The van der Waals surface area contributed by atoms with Crippen LogP contribution in [-0.2, 0) is 0 Å². The molecule has 1 atom stereocenters. The molecule has 0 aliphatic carbocycles. The van der Waals surface area contributed by atoms with E-state index in [9.17, 15) is 5.11 Å². The third-order valence-corrected chi connectivity index (χ3v) is 3.68. The lowest BCUT2D eigenvalue weighted by molar-refractivity contribution is 0.105. The Morgan fingerprint density at radius 3 is 2.61 bits per heavy atom.